The zero-order valence-electron chi connectivity index (χ0n) is 15.3. The maximum absolute atomic E-state index is 11.2. The molecule has 0 radical (unpaired) electrons. The van der Waals surface area contributed by atoms with Crippen molar-refractivity contribution in [1.82, 2.24) is 0 Å². The molecule has 0 amide bonds. The second kappa shape index (κ2) is 8.60. The molecule has 7 nitrogen and oxygen atoms in total. The van der Waals surface area contributed by atoms with Gasteiger partial charge in [0.15, 0.2) is 0 Å². The van der Waals surface area contributed by atoms with Crippen molar-refractivity contribution in [3.63, 3.8) is 0 Å². The summed E-state index contributed by atoms with van der Waals surface area (Å²) in [5.41, 5.74) is 0.720. The summed E-state index contributed by atoms with van der Waals surface area (Å²) in [4.78, 5) is 11.2. The molecule has 0 aromatic carbocycles. The highest BCUT2D eigenvalue weighted by Gasteiger charge is 2.48. The summed E-state index contributed by atoms with van der Waals surface area (Å²) >= 11 is 0. The van der Waals surface area contributed by atoms with Crippen molar-refractivity contribution in [2.24, 2.45) is 11.8 Å². The quantitative estimate of drug-likeness (QED) is 0.343. The summed E-state index contributed by atoms with van der Waals surface area (Å²) in [6.45, 7) is 5.75. The lowest BCUT2D eigenvalue weighted by Crippen LogP contribution is -2.50. The Bertz CT molecular complexity index is 490. The molecule has 0 unspecified atom stereocenters. The standard InChI is InChI=1S/C18H30O7/c1-9(6-15(20)23-4)5-13-17(22)16(21)12(8-24-13)7-14-18(25-14)10(2)11(3)19/h6,10-14,16-19,21-22H,5,7-8H2,1-4H3/t10-,11-,12-,13-,14-,16+,17-,18-/m0/s1. The molecule has 0 bridgehead atoms. The molecule has 7 heteroatoms. The van der Waals surface area contributed by atoms with Crippen molar-refractivity contribution in [2.75, 3.05) is 13.7 Å². The van der Waals surface area contributed by atoms with Crippen molar-refractivity contribution < 1.29 is 34.3 Å². The van der Waals surface area contributed by atoms with Gasteiger partial charge in [-0.05, 0) is 26.7 Å². The Hall–Kier alpha value is -0.990. The van der Waals surface area contributed by atoms with Gasteiger partial charge >= 0.3 is 5.97 Å². The van der Waals surface area contributed by atoms with Gasteiger partial charge in [0.1, 0.15) is 6.10 Å². The number of aliphatic hydroxyl groups excluding tert-OH is 3. The number of hydrogen-bond acceptors (Lipinski definition) is 7. The number of rotatable bonds is 7. The monoisotopic (exact) mass is 358 g/mol. The van der Waals surface area contributed by atoms with E-state index < -0.39 is 30.4 Å². The van der Waals surface area contributed by atoms with Crippen molar-refractivity contribution in [3.05, 3.63) is 11.6 Å². The van der Waals surface area contributed by atoms with Crippen LogP contribution in [0, 0.1) is 11.8 Å². The van der Waals surface area contributed by atoms with Gasteiger partial charge in [0.05, 0.1) is 44.2 Å². The van der Waals surface area contributed by atoms with E-state index in [-0.39, 0.29) is 24.0 Å². The molecule has 2 saturated heterocycles. The van der Waals surface area contributed by atoms with E-state index in [0.29, 0.717) is 19.4 Å². The normalized spacial score (nSPS) is 38.1. The maximum Gasteiger partial charge on any atom is 0.330 e. The average Bonchev–Trinajstić information content (AvgIpc) is 3.32. The van der Waals surface area contributed by atoms with Crippen LogP contribution in [0.4, 0.5) is 0 Å². The molecule has 2 fully saturated rings. The Morgan fingerprint density at radius 1 is 1.28 bits per heavy atom. The Morgan fingerprint density at radius 2 is 1.96 bits per heavy atom. The third kappa shape index (κ3) is 5.24. The molecule has 2 heterocycles. The number of carbonyl (C=O) groups is 1. The van der Waals surface area contributed by atoms with Gasteiger partial charge in [-0.15, -0.1) is 0 Å². The van der Waals surface area contributed by atoms with Gasteiger partial charge in [-0.25, -0.2) is 4.79 Å². The lowest BCUT2D eigenvalue weighted by molar-refractivity contribution is -0.165. The predicted molar refractivity (Wildman–Crippen MR) is 89.8 cm³/mol. The molecule has 0 aromatic rings. The first-order chi connectivity index (χ1) is 11.7. The number of aliphatic hydroxyl groups is 3. The summed E-state index contributed by atoms with van der Waals surface area (Å²) < 4.78 is 15.9. The third-order valence-electron chi connectivity index (χ3n) is 5.26. The zero-order valence-corrected chi connectivity index (χ0v) is 15.3. The summed E-state index contributed by atoms with van der Waals surface area (Å²) in [7, 11) is 1.30. The van der Waals surface area contributed by atoms with Crippen LogP contribution >= 0.6 is 0 Å². The lowest BCUT2D eigenvalue weighted by Gasteiger charge is -2.38. The van der Waals surface area contributed by atoms with Crippen LogP contribution in [0.1, 0.15) is 33.6 Å². The molecule has 25 heavy (non-hydrogen) atoms. The van der Waals surface area contributed by atoms with Crippen LogP contribution in [0.2, 0.25) is 0 Å². The Kier molecular flexibility index (Phi) is 6.99. The third-order valence-corrected chi connectivity index (χ3v) is 5.26. The molecule has 8 atom stereocenters. The van der Waals surface area contributed by atoms with E-state index in [4.69, 9.17) is 9.47 Å². The zero-order chi connectivity index (χ0) is 18.7. The molecule has 3 N–H and O–H groups in total. The smallest absolute Gasteiger partial charge is 0.330 e. The van der Waals surface area contributed by atoms with E-state index in [9.17, 15) is 20.1 Å². The van der Waals surface area contributed by atoms with Crippen LogP contribution < -0.4 is 0 Å². The van der Waals surface area contributed by atoms with Gasteiger partial charge in [-0.1, -0.05) is 12.5 Å². The fraction of sp³-hybridized carbons (Fsp3) is 0.833. The summed E-state index contributed by atoms with van der Waals surface area (Å²) in [5, 5.41) is 30.4. The number of hydrogen-bond donors (Lipinski definition) is 3. The summed E-state index contributed by atoms with van der Waals surface area (Å²) in [6, 6.07) is 0. The molecule has 2 aliphatic rings. The Balaban J connectivity index is 1.84. The Morgan fingerprint density at radius 3 is 2.56 bits per heavy atom. The predicted octanol–water partition coefficient (Wildman–Crippen LogP) is 0.407. The molecular formula is C18H30O7. The maximum atomic E-state index is 11.2. The fourth-order valence-electron chi connectivity index (χ4n) is 3.35. The molecule has 2 rings (SSSR count). The van der Waals surface area contributed by atoms with Gasteiger partial charge in [-0.2, -0.15) is 0 Å². The first kappa shape index (κ1) is 20.3. The van der Waals surface area contributed by atoms with Crippen LogP contribution in [0.5, 0.6) is 0 Å². The largest absolute Gasteiger partial charge is 0.466 e. The van der Waals surface area contributed by atoms with E-state index in [1.165, 1.54) is 13.2 Å². The minimum absolute atomic E-state index is 0.00713. The van der Waals surface area contributed by atoms with E-state index in [2.05, 4.69) is 4.74 Å². The summed E-state index contributed by atoms with van der Waals surface area (Å²) in [6.07, 6.45) is -0.658. The van der Waals surface area contributed by atoms with Crippen molar-refractivity contribution >= 4 is 5.97 Å². The van der Waals surface area contributed by atoms with Crippen molar-refractivity contribution in [3.8, 4) is 0 Å². The first-order valence-electron chi connectivity index (χ1n) is 8.81. The van der Waals surface area contributed by atoms with E-state index in [1.807, 2.05) is 6.92 Å². The van der Waals surface area contributed by atoms with Gasteiger partial charge < -0.3 is 29.5 Å². The number of esters is 1. The van der Waals surface area contributed by atoms with Crippen LogP contribution in [0.25, 0.3) is 0 Å². The second-order valence-electron chi connectivity index (χ2n) is 7.31. The highest BCUT2D eigenvalue weighted by molar-refractivity contribution is 5.82. The molecule has 2 aliphatic heterocycles. The molecule has 0 aromatic heterocycles. The molecule has 144 valence electrons. The van der Waals surface area contributed by atoms with Crippen LogP contribution in [0.15, 0.2) is 11.6 Å². The highest BCUT2D eigenvalue weighted by Crippen LogP contribution is 2.38. The first-order valence-corrected chi connectivity index (χ1v) is 8.81. The molecule has 0 saturated carbocycles. The van der Waals surface area contributed by atoms with Gasteiger partial charge in [0.25, 0.3) is 0 Å². The lowest BCUT2D eigenvalue weighted by atomic mass is 9.85. The number of ether oxygens (including phenoxy) is 3. The topological polar surface area (TPSA) is 109 Å². The average molecular weight is 358 g/mol. The minimum Gasteiger partial charge on any atom is -0.466 e. The van der Waals surface area contributed by atoms with Crippen molar-refractivity contribution in [1.29, 1.82) is 0 Å². The summed E-state index contributed by atoms with van der Waals surface area (Å²) in [5.74, 6) is -0.631. The number of methoxy groups -OCH3 is 1. The van der Waals surface area contributed by atoms with Crippen LogP contribution in [-0.2, 0) is 19.0 Å². The van der Waals surface area contributed by atoms with Crippen LogP contribution in [-0.4, -0.2) is 71.6 Å². The second-order valence-corrected chi connectivity index (χ2v) is 7.31. The van der Waals surface area contributed by atoms with E-state index in [1.54, 1.807) is 13.8 Å². The van der Waals surface area contributed by atoms with Gasteiger partial charge in [-0.3, -0.25) is 0 Å². The van der Waals surface area contributed by atoms with E-state index in [0.717, 1.165) is 5.57 Å². The SMILES string of the molecule is COC(=O)C=C(C)C[C@@H]1OC[C@H](C[C@@H]2O[C@H]2[C@@H](C)[C@H](C)O)[C@@H](O)[C@H]1O. The molecular weight excluding hydrogens is 328 g/mol. The minimum atomic E-state index is -1.02. The fourth-order valence-corrected chi connectivity index (χ4v) is 3.35. The van der Waals surface area contributed by atoms with Crippen molar-refractivity contribution in [2.45, 2.75) is 70.2 Å². The van der Waals surface area contributed by atoms with Crippen LogP contribution in [0.3, 0.4) is 0 Å². The van der Waals surface area contributed by atoms with Gasteiger partial charge in [0.2, 0.25) is 0 Å². The highest BCUT2D eigenvalue weighted by atomic mass is 16.6. The molecule has 0 spiro atoms. The Labute approximate surface area is 148 Å². The number of epoxide rings is 1. The number of carbonyl (C=O) groups excluding carboxylic acids is 1. The molecule has 0 aliphatic carbocycles. The van der Waals surface area contributed by atoms with E-state index >= 15 is 0 Å². The van der Waals surface area contributed by atoms with Gasteiger partial charge in [0, 0.05) is 17.9 Å².